The molecular weight excluding hydrogens is 198 g/mol. The van der Waals surface area contributed by atoms with Gasteiger partial charge in [-0.25, -0.2) is 0 Å². The molecule has 0 bridgehead atoms. The third kappa shape index (κ3) is 2.02. The lowest BCUT2D eigenvalue weighted by Gasteiger charge is -2.54. The molecule has 1 heterocycles. The zero-order valence-corrected chi connectivity index (χ0v) is 10.4. The van der Waals surface area contributed by atoms with Gasteiger partial charge in [-0.15, -0.1) is 0 Å². The monoisotopic (exact) mass is 223 g/mol. The first-order valence-electron chi connectivity index (χ1n) is 7.28. The Morgan fingerprint density at radius 1 is 0.688 bits per heavy atom. The lowest BCUT2D eigenvalue weighted by Crippen LogP contribution is -2.62. The molecule has 3 fully saturated rings. The molecule has 1 saturated heterocycles. The molecule has 0 radical (unpaired) electrons. The topological polar surface area (TPSA) is 21.3 Å². The Labute approximate surface area is 99.1 Å². The molecule has 2 nitrogen and oxygen atoms in total. The van der Waals surface area contributed by atoms with E-state index in [4.69, 9.17) is 4.74 Å². The van der Waals surface area contributed by atoms with E-state index in [1.54, 1.807) is 0 Å². The highest BCUT2D eigenvalue weighted by atomic mass is 16.5. The fraction of sp³-hybridized carbons (Fsp3) is 1.00. The van der Waals surface area contributed by atoms with Crippen molar-refractivity contribution in [2.75, 3.05) is 6.54 Å². The van der Waals surface area contributed by atoms with Gasteiger partial charge in [-0.3, -0.25) is 5.32 Å². The Kier molecular flexibility index (Phi) is 2.97. The Morgan fingerprint density at radius 3 is 2.00 bits per heavy atom. The number of hydrogen-bond acceptors (Lipinski definition) is 2. The van der Waals surface area contributed by atoms with Gasteiger partial charge >= 0.3 is 0 Å². The summed E-state index contributed by atoms with van der Waals surface area (Å²) in [5.74, 6) is 0. The van der Waals surface area contributed by atoms with E-state index >= 15 is 0 Å². The standard InChI is InChI=1S/C14H25NO/c1-2-4-9-14(10-5-3-1)15-12-11-13(16-14)7-6-8-13/h15H,1-12H2. The highest BCUT2D eigenvalue weighted by Crippen LogP contribution is 2.45. The molecule has 0 unspecified atom stereocenters. The molecule has 0 aromatic heterocycles. The van der Waals surface area contributed by atoms with Crippen LogP contribution in [0.2, 0.25) is 0 Å². The van der Waals surface area contributed by atoms with Crippen molar-refractivity contribution in [1.82, 2.24) is 5.32 Å². The fourth-order valence-corrected chi connectivity index (χ4v) is 3.70. The fourth-order valence-electron chi connectivity index (χ4n) is 3.70. The molecule has 0 atom stereocenters. The predicted octanol–water partition coefficient (Wildman–Crippen LogP) is 3.36. The lowest BCUT2D eigenvalue weighted by atomic mass is 9.75. The highest BCUT2D eigenvalue weighted by molar-refractivity contribution is 4.98. The second-order valence-corrected chi connectivity index (χ2v) is 6.08. The summed E-state index contributed by atoms with van der Waals surface area (Å²) >= 11 is 0. The molecule has 2 spiro atoms. The first-order chi connectivity index (χ1) is 7.83. The van der Waals surface area contributed by atoms with Crippen molar-refractivity contribution >= 4 is 0 Å². The maximum Gasteiger partial charge on any atom is 0.119 e. The molecule has 0 amide bonds. The molecule has 16 heavy (non-hydrogen) atoms. The van der Waals surface area contributed by atoms with E-state index in [-0.39, 0.29) is 5.72 Å². The van der Waals surface area contributed by atoms with Gasteiger partial charge in [-0.2, -0.15) is 0 Å². The SMILES string of the molecule is C1CCCC2(CCC1)NCCC1(CCC1)O2. The van der Waals surface area contributed by atoms with Gasteiger partial charge in [0.1, 0.15) is 5.72 Å². The lowest BCUT2D eigenvalue weighted by molar-refractivity contribution is -0.237. The van der Waals surface area contributed by atoms with Crippen molar-refractivity contribution in [3.8, 4) is 0 Å². The van der Waals surface area contributed by atoms with Crippen molar-refractivity contribution in [1.29, 1.82) is 0 Å². The van der Waals surface area contributed by atoms with Crippen LogP contribution in [0.5, 0.6) is 0 Å². The van der Waals surface area contributed by atoms with Crippen LogP contribution >= 0.6 is 0 Å². The zero-order chi connectivity index (χ0) is 10.9. The molecular formula is C14H25NO. The molecule has 1 aliphatic heterocycles. The Hall–Kier alpha value is -0.0800. The molecule has 2 saturated carbocycles. The van der Waals surface area contributed by atoms with Gasteiger partial charge in [0.2, 0.25) is 0 Å². The second kappa shape index (κ2) is 4.30. The van der Waals surface area contributed by atoms with Crippen LogP contribution in [-0.2, 0) is 4.74 Å². The maximum atomic E-state index is 6.56. The van der Waals surface area contributed by atoms with Gasteiger partial charge in [0.25, 0.3) is 0 Å². The van der Waals surface area contributed by atoms with E-state index in [0.717, 1.165) is 0 Å². The van der Waals surface area contributed by atoms with E-state index in [1.165, 1.54) is 77.2 Å². The quantitative estimate of drug-likeness (QED) is 0.680. The first kappa shape index (κ1) is 11.0. The summed E-state index contributed by atoms with van der Waals surface area (Å²) in [7, 11) is 0. The summed E-state index contributed by atoms with van der Waals surface area (Å²) in [4.78, 5) is 0. The van der Waals surface area contributed by atoms with Crippen LogP contribution in [0.1, 0.15) is 70.6 Å². The van der Waals surface area contributed by atoms with Gasteiger partial charge in [0.15, 0.2) is 0 Å². The van der Waals surface area contributed by atoms with E-state index in [0.29, 0.717) is 5.60 Å². The van der Waals surface area contributed by atoms with Gasteiger partial charge in [0.05, 0.1) is 5.60 Å². The number of ether oxygens (including phenoxy) is 1. The zero-order valence-electron chi connectivity index (χ0n) is 10.4. The van der Waals surface area contributed by atoms with E-state index < -0.39 is 0 Å². The largest absolute Gasteiger partial charge is 0.354 e. The maximum absolute atomic E-state index is 6.56. The van der Waals surface area contributed by atoms with Crippen LogP contribution in [0.25, 0.3) is 0 Å². The second-order valence-electron chi connectivity index (χ2n) is 6.08. The van der Waals surface area contributed by atoms with Crippen LogP contribution in [0.4, 0.5) is 0 Å². The summed E-state index contributed by atoms with van der Waals surface area (Å²) in [6, 6.07) is 0. The third-order valence-corrected chi connectivity index (χ3v) is 4.87. The van der Waals surface area contributed by atoms with Gasteiger partial charge in [-0.05, 0) is 51.4 Å². The Morgan fingerprint density at radius 2 is 1.38 bits per heavy atom. The van der Waals surface area contributed by atoms with Crippen LogP contribution in [0, 0.1) is 0 Å². The van der Waals surface area contributed by atoms with Crippen molar-refractivity contribution in [2.24, 2.45) is 0 Å². The van der Waals surface area contributed by atoms with E-state index in [1.807, 2.05) is 0 Å². The molecule has 3 aliphatic rings. The van der Waals surface area contributed by atoms with E-state index in [2.05, 4.69) is 5.32 Å². The number of rotatable bonds is 0. The van der Waals surface area contributed by atoms with Gasteiger partial charge in [0, 0.05) is 6.54 Å². The molecule has 2 heteroatoms. The molecule has 92 valence electrons. The molecule has 0 aromatic carbocycles. The van der Waals surface area contributed by atoms with Crippen molar-refractivity contribution < 1.29 is 4.74 Å². The average molecular weight is 223 g/mol. The molecule has 1 N–H and O–H groups in total. The summed E-state index contributed by atoms with van der Waals surface area (Å²) in [6.45, 7) is 1.18. The molecule has 2 aliphatic carbocycles. The highest BCUT2D eigenvalue weighted by Gasteiger charge is 2.48. The van der Waals surface area contributed by atoms with Crippen LogP contribution in [-0.4, -0.2) is 17.9 Å². The van der Waals surface area contributed by atoms with Crippen LogP contribution in [0.3, 0.4) is 0 Å². The summed E-state index contributed by atoms with van der Waals surface area (Å²) in [6.07, 6.45) is 14.7. The normalized spacial score (nSPS) is 33.0. The number of nitrogens with one attached hydrogen (secondary N) is 1. The Balaban J connectivity index is 1.69. The molecule has 0 aromatic rings. The summed E-state index contributed by atoms with van der Waals surface area (Å²) in [5.41, 5.74) is 0.365. The third-order valence-electron chi connectivity index (χ3n) is 4.87. The smallest absolute Gasteiger partial charge is 0.119 e. The van der Waals surface area contributed by atoms with Gasteiger partial charge < -0.3 is 4.74 Å². The first-order valence-corrected chi connectivity index (χ1v) is 7.28. The van der Waals surface area contributed by atoms with Crippen molar-refractivity contribution in [3.05, 3.63) is 0 Å². The number of hydrogen-bond donors (Lipinski definition) is 1. The summed E-state index contributed by atoms with van der Waals surface area (Å²) in [5, 5.41) is 3.70. The van der Waals surface area contributed by atoms with Crippen molar-refractivity contribution in [3.63, 3.8) is 0 Å². The predicted molar refractivity (Wildman–Crippen MR) is 65.3 cm³/mol. The minimum atomic E-state index is 0.0685. The minimum absolute atomic E-state index is 0.0685. The van der Waals surface area contributed by atoms with E-state index in [9.17, 15) is 0 Å². The van der Waals surface area contributed by atoms with Crippen molar-refractivity contribution in [2.45, 2.75) is 82.0 Å². The summed E-state index contributed by atoms with van der Waals surface area (Å²) < 4.78 is 6.56. The van der Waals surface area contributed by atoms with Crippen LogP contribution in [0.15, 0.2) is 0 Å². The minimum Gasteiger partial charge on any atom is -0.354 e. The van der Waals surface area contributed by atoms with Crippen LogP contribution < -0.4 is 5.32 Å². The van der Waals surface area contributed by atoms with Gasteiger partial charge in [-0.1, -0.05) is 19.3 Å². The molecule has 3 rings (SSSR count). The Bertz CT molecular complexity index is 239. The average Bonchev–Trinajstić information content (AvgIpc) is 2.23.